The number of hydrogen-bond donors (Lipinski definition) is 2. The number of carbonyl (C=O) groups is 1. The van der Waals surface area contributed by atoms with E-state index in [1.807, 2.05) is 18.2 Å². The summed E-state index contributed by atoms with van der Waals surface area (Å²) in [4.78, 5) is 17.0. The number of phenols is 1. The Balaban J connectivity index is 1.65. The smallest absolute Gasteiger partial charge is 0.255 e. The summed E-state index contributed by atoms with van der Waals surface area (Å²) in [5.41, 5.74) is 2.31. The molecular weight excluding hydrogens is 415 g/mol. The number of methoxy groups -OCH3 is 1. The summed E-state index contributed by atoms with van der Waals surface area (Å²) < 4.78 is 10.8. The SMILES string of the molecule is COc1c(Cl)cc(C(=O)Nc2ccc(O)c(-c3nc4ccccc4o3)c2)cc1Cl. The largest absolute Gasteiger partial charge is 0.507 e. The number of anilines is 1. The number of halogens is 2. The highest BCUT2D eigenvalue weighted by molar-refractivity contribution is 6.37. The molecule has 1 aromatic heterocycles. The number of rotatable bonds is 4. The van der Waals surface area contributed by atoms with E-state index in [9.17, 15) is 9.90 Å². The second-order valence-corrected chi connectivity index (χ2v) is 6.96. The first-order valence-corrected chi connectivity index (χ1v) is 9.25. The second kappa shape index (κ2) is 7.66. The Labute approximate surface area is 175 Å². The number of oxazole rings is 1. The van der Waals surface area contributed by atoms with Crippen LogP contribution in [-0.4, -0.2) is 23.1 Å². The molecule has 1 amide bonds. The summed E-state index contributed by atoms with van der Waals surface area (Å²) >= 11 is 12.2. The van der Waals surface area contributed by atoms with E-state index in [1.54, 1.807) is 18.2 Å². The highest BCUT2D eigenvalue weighted by Crippen LogP contribution is 2.35. The van der Waals surface area contributed by atoms with Gasteiger partial charge in [-0.15, -0.1) is 0 Å². The number of fused-ring (bicyclic) bond motifs is 1. The Kier molecular flexibility index (Phi) is 5.05. The van der Waals surface area contributed by atoms with Crippen LogP contribution in [0, 0.1) is 0 Å². The van der Waals surface area contributed by atoms with Gasteiger partial charge in [0.2, 0.25) is 5.89 Å². The number of amides is 1. The van der Waals surface area contributed by atoms with E-state index < -0.39 is 5.91 Å². The van der Waals surface area contributed by atoms with Crippen molar-refractivity contribution in [2.75, 3.05) is 12.4 Å². The van der Waals surface area contributed by atoms with Gasteiger partial charge in [0.05, 0.1) is 22.7 Å². The summed E-state index contributed by atoms with van der Waals surface area (Å²) in [5, 5.41) is 13.4. The van der Waals surface area contributed by atoms with E-state index in [2.05, 4.69) is 10.3 Å². The zero-order chi connectivity index (χ0) is 20.5. The Bertz CT molecular complexity index is 1180. The van der Waals surface area contributed by atoms with Crippen LogP contribution in [0.15, 0.2) is 59.0 Å². The molecule has 0 spiro atoms. The minimum absolute atomic E-state index is 0.0231. The van der Waals surface area contributed by atoms with Crippen LogP contribution >= 0.6 is 23.2 Å². The monoisotopic (exact) mass is 428 g/mol. The number of aromatic hydroxyl groups is 1. The van der Waals surface area contributed by atoms with E-state index in [0.717, 1.165) is 0 Å². The Morgan fingerprint density at radius 3 is 2.52 bits per heavy atom. The number of aromatic nitrogens is 1. The topological polar surface area (TPSA) is 84.6 Å². The average Bonchev–Trinajstić information content (AvgIpc) is 3.13. The molecule has 2 N–H and O–H groups in total. The van der Waals surface area contributed by atoms with Gasteiger partial charge in [-0.25, -0.2) is 4.98 Å². The molecule has 6 nitrogen and oxygen atoms in total. The van der Waals surface area contributed by atoms with Gasteiger partial charge in [-0.05, 0) is 42.5 Å². The first-order chi connectivity index (χ1) is 14.0. The maximum atomic E-state index is 12.6. The first-order valence-electron chi connectivity index (χ1n) is 8.49. The van der Waals surface area contributed by atoms with Crippen molar-refractivity contribution in [1.82, 2.24) is 4.98 Å². The number of hydrogen-bond acceptors (Lipinski definition) is 5. The minimum atomic E-state index is -0.425. The molecule has 0 aliphatic heterocycles. The van der Waals surface area contributed by atoms with Crippen molar-refractivity contribution >= 4 is 45.9 Å². The van der Waals surface area contributed by atoms with Gasteiger partial charge in [-0.2, -0.15) is 0 Å². The van der Waals surface area contributed by atoms with Crippen molar-refractivity contribution in [1.29, 1.82) is 0 Å². The zero-order valence-electron chi connectivity index (χ0n) is 15.1. The molecule has 4 aromatic rings. The van der Waals surface area contributed by atoms with Gasteiger partial charge < -0.3 is 19.6 Å². The molecule has 0 aliphatic rings. The third-order valence-electron chi connectivity index (χ3n) is 4.24. The van der Waals surface area contributed by atoms with Crippen LogP contribution in [0.1, 0.15) is 10.4 Å². The van der Waals surface area contributed by atoms with E-state index >= 15 is 0 Å². The van der Waals surface area contributed by atoms with Gasteiger partial charge in [0, 0.05) is 11.3 Å². The van der Waals surface area contributed by atoms with E-state index in [0.29, 0.717) is 28.1 Å². The van der Waals surface area contributed by atoms with Crippen LogP contribution in [0.3, 0.4) is 0 Å². The Hall–Kier alpha value is -3.22. The van der Waals surface area contributed by atoms with Crippen LogP contribution in [0.2, 0.25) is 10.0 Å². The molecule has 0 aliphatic carbocycles. The number of nitrogens with zero attached hydrogens (tertiary/aromatic N) is 1. The van der Waals surface area contributed by atoms with Gasteiger partial charge in [0.25, 0.3) is 5.91 Å². The highest BCUT2D eigenvalue weighted by atomic mass is 35.5. The normalized spacial score (nSPS) is 10.9. The lowest BCUT2D eigenvalue weighted by Crippen LogP contribution is -2.12. The van der Waals surface area contributed by atoms with Crippen molar-refractivity contribution in [2.24, 2.45) is 0 Å². The predicted octanol–water partition coefficient (Wildman–Crippen LogP) is 5.77. The van der Waals surface area contributed by atoms with Gasteiger partial charge in [0.1, 0.15) is 11.3 Å². The van der Waals surface area contributed by atoms with Gasteiger partial charge in [-0.1, -0.05) is 35.3 Å². The summed E-state index contributed by atoms with van der Waals surface area (Å²) in [6.45, 7) is 0. The molecule has 29 heavy (non-hydrogen) atoms. The summed E-state index contributed by atoms with van der Waals surface area (Å²) in [5.74, 6) is 0.0962. The predicted molar refractivity (Wildman–Crippen MR) is 112 cm³/mol. The molecule has 0 fully saturated rings. The van der Waals surface area contributed by atoms with E-state index in [4.69, 9.17) is 32.4 Å². The number of nitrogens with one attached hydrogen (secondary N) is 1. The fourth-order valence-electron chi connectivity index (χ4n) is 2.86. The highest BCUT2D eigenvalue weighted by Gasteiger charge is 2.16. The number of ether oxygens (including phenoxy) is 1. The molecule has 0 saturated heterocycles. The lowest BCUT2D eigenvalue weighted by Gasteiger charge is -2.10. The van der Waals surface area contributed by atoms with Gasteiger partial charge >= 0.3 is 0 Å². The van der Waals surface area contributed by atoms with Crippen molar-refractivity contribution in [3.05, 3.63) is 70.2 Å². The van der Waals surface area contributed by atoms with Crippen LogP contribution in [0.25, 0.3) is 22.6 Å². The average molecular weight is 429 g/mol. The first kappa shape index (κ1) is 19.1. The van der Waals surface area contributed by atoms with Crippen LogP contribution in [0.5, 0.6) is 11.5 Å². The maximum Gasteiger partial charge on any atom is 0.255 e. The molecule has 0 bridgehead atoms. The van der Waals surface area contributed by atoms with Crippen LogP contribution < -0.4 is 10.1 Å². The van der Waals surface area contributed by atoms with Crippen molar-refractivity contribution < 1.29 is 19.1 Å². The summed E-state index contributed by atoms with van der Waals surface area (Å²) in [7, 11) is 1.44. The van der Waals surface area contributed by atoms with Gasteiger partial charge in [0.15, 0.2) is 11.3 Å². The Morgan fingerprint density at radius 1 is 1.10 bits per heavy atom. The van der Waals surface area contributed by atoms with E-state index in [-0.39, 0.29) is 27.2 Å². The lowest BCUT2D eigenvalue weighted by atomic mass is 10.1. The quantitative estimate of drug-likeness (QED) is 0.403. The molecule has 4 rings (SSSR count). The molecule has 8 heteroatoms. The molecular formula is C21H14Cl2N2O4. The fourth-order valence-corrected chi connectivity index (χ4v) is 3.50. The van der Waals surface area contributed by atoms with Gasteiger partial charge in [-0.3, -0.25) is 4.79 Å². The summed E-state index contributed by atoms with van der Waals surface area (Å²) in [6.07, 6.45) is 0. The van der Waals surface area contributed by atoms with Crippen molar-refractivity contribution in [3.8, 4) is 23.0 Å². The third kappa shape index (κ3) is 3.72. The lowest BCUT2D eigenvalue weighted by molar-refractivity contribution is 0.102. The molecule has 0 atom stereocenters. The second-order valence-electron chi connectivity index (χ2n) is 6.15. The standard InChI is InChI=1S/C21H14Cl2N2O4/c1-28-19-14(22)8-11(9-15(19)23)20(27)24-12-6-7-17(26)13(10-12)21-25-16-4-2-3-5-18(16)29-21/h2-10,26H,1H3,(H,24,27). The number of benzene rings is 3. The Morgan fingerprint density at radius 2 is 1.83 bits per heavy atom. The molecule has 0 unspecified atom stereocenters. The third-order valence-corrected chi connectivity index (χ3v) is 4.80. The molecule has 0 saturated carbocycles. The molecule has 3 aromatic carbocycles. The maximum absolute atomic E-state index is 12.6. The number of phenolic OH excluding ortho intramolecular Hbond substituents is 1. The fraction of sp³-hybridized carbons (Fsp3) is 0.0476. The molecule has 0 radical (unpaired) electrons. The van der Waals surface area contributed by atoms with E-state index in [1.165, 1.54) is 25.3 Å². The number of para-hydroxylation sites is 2. The van der Waals surface area contributed by atoms with Crippen molar-refractivity contribution in [2.45, 2.75) is 0 Å². The van der Waals surface area contributed by atoms with Crippen molar-refractivity contribution in [3.63, 3.8) is 0 Å². The summed E-state index contributed by atoms with van der Waals surface area (Å²) in [6, 6.07) is 14.8. The van der Waals surface area contributed by atoms with Crippen LogP contribution in [-0.2, 0) is 0 Å². The molecule has 1 heterocycles. The zero-order valence-corrected chi connectivity index (χ0v) is 16.6. The number of carbonyl (C=O) groups excluding carboxylic acids is 1. The minimum Gasteiger partial charge on any atom is -0.507 e. The molecule has 146 valence electrons. The van der Waals surface area contributed by atoms with Crippen LogP contribution in [0.4, 0.5) is 5.69 Å².